The van der Waals surface area contributed by atoms with E-state index in [1.807, 2.05) is 0 Å². The van der Waals surface area contributed by atoms with Gasteiger partial charge >= 0.3 is 74.6 Å². The van der Waals surface area contributed by atoms with Crippen LogP contribution in [0.4, 0.5) is 0 Å². The molecule has 0 aromatic carbocycles. The molecule has 108 heavy (non-hydrogen) atoms. The molecule has 0 N–H and O–H groups in total. The Morgan fingerprint density at radius 1 is 0.241 bits per heavy atom. The summed E-state index contributed by atoms with van der Waals surface area (Å²) >= 11 is 9.30. The standard InChI is InChI=1S/4C19H40N3Si2.2C4H10S.2Er/c4*1-23(2,3)22(24(4,5)6)19(20-17-13-9-7-10-14-17)21-18-15-11-8-12-16-18;2*1-2-3-4-5;;/h4*17-18H,7-16H2,1-6H3;2*5H,2-4H2,1H3;;/q4*-1;;;2*+3/p-2. The third-order valence-electron chi connectivity index (χ3n) is 22.1. The van der Waals surface area contributed by atoms with Crippen molar-refractivity contribution in [3.05, 3.63) is 21.3 Å². The minimum absolute atomic E-state index is 0. The summed E-state index contributed by atoms with van der Waals surface area (Å²) in [5, 5.41) is 21.2. The smallest absolute Gasteiger partial charge is 0.793 e. The second kappa shape index (κ2) is 55.0. The predicted molar refractivity (Wildman–Crippen MR) is 507 cm³/mol. The van der Waals surface area contributed by atoms with E-state index >= 15 is 0 Å². The van der Waals surface area contributed by atoms with Gasteiger partial charge in [-0.1, -0.05) is 351 Å². The van der Waals surface area contributed by atoms with Gasteiger partial charge in [0.2, 0.25) is 0 Å². The minimum Gasteiger partial charge on any atom is -0.793 e. The molecule has 642 valence electrons. The fourth-order valence-corrected chi connectivity index (χ4v) is 56.8. The first kappa shape index (κ1) is 108. The average molecular weight is 1980 g/mol. The van der Waals surface area contributed by atoms with Gasteiger partial charge in [-0.05, 0) is 151 Å². The van der Waals surface area contributed by atoms with Gasteiger partial charge in [-0.15, -0.1) is 0 Å². The Labute approximate surface area is 752 Å². The third kappa shape index (κ3) is 44.9. The summed E-state index contributed by atoms with van der Waals surface area (Å²) in [6.45, 7) is 63.6. The maximum absolute atomic E-state index is 5.31. The van der Waals surface area contributed by atoms with Crippen molar-refractivity contribution in [3.63, 3.8) is 0 Å². The number of nitrogens with zero attached hydrogens (tertiary/aromatic N) is 12. The number of hydrogen-bond donors (Lipinski definition) is 0. The first-order chi connectivity index (χ1) is 49.5. The van der Waals surface area contributed by atoms with Crippen LogP contribution in [0.2, 0.25) is 157 Å². The Morgan fingerprint density at radius 3 is 0.472 bits per heavy atom. The Hall–Kier alpha value is 2.01. The molecule has 0 heterocycles. The zero-order valence-electron chi connectivity index (χ0n) is 75.9. The van der Waals surface area contributed by atoms with Crippen molar-refractivity contribution in [1.82, 2.24) is 16.9 Å². The first-order valence-corrected chi connectivity index (χ1v) is 73.8. The molecule has 0 unspecified atom stereocenters. The van der Waals surface area contributed by atoms with Gasteiger partial charge in [-0.25, -0.2) is 0 Å². The van der Waals surface area contributed by atoms with E-state index in [0.29, 0.717) is 48.3 Å². The average Bonchev–Trinajstić information content (AvgIpc) is 0.817. The summed E-state index contributed by atoms with van der Waals surface area (Å²) < 4.78 is 11.0. The topological polar surface area (TPSA) is 119 Å². The van der Waals surface area contributed by atoms with Crippen molar-refractivity contribution in [3.8, 4) is 0 Å². The summed E-state index contributed by atoms with van der Waals surface area (Å²) in [6, 6.07) is 4.19. The monoisotopic (exact) mass is 1980 g/mol. The SMILES string of the molecule is CCCC[S-].CCCC[S-].C[Si](C)(C)N(C(=NC1CCCCC1)[N-]C1CCCCC1)[Si](C)(C)C.C[Si](C)(C)N(C(=NC1CCCCC1)[N-]C1CCCCC1)[Si](C)(C)C.C[Si](C)(C)N(C(=NC1CCCCC1)[N-]C1CCCCC1)[Si](C)(C)C.C[Si](C)(C)N(C(=NC1CCCCC1)[N-]C1CCCCC1)[Si](C)(C)C.[Er+3].[Er+3]. The third-order valence-corrected chi connectivity index (χ3v) is 51.2. The van der Waals surface area contributed by atoms with E-state index in [0.717, 1.165) is 35.3 Å². The van der Waals surface area contributed by atoms with Crippen molar-refractivity contribution >= 4 is 115 Å². The molecule has 8 rings (SSSR count). The fourth-order valence-electron chi connectivity index (χ4n) is 18.3. The van der Waals surface area contributed by atoms with Crippen LogP contribution in [0, 0.1) is 74.6 Å². The second-order valence-electron chi connectivity index (χ2n) is 41.4. The summed E-state index contributed by atoms with van der Waals surface area (Å²) in [5.41, 5.74) is 0. The molecule has 0 spiro atoms. The first-order valence-electron chi connectivity index (χ1n) is 45.1. The molecule has 8 aliphatic carbocycles. The zero-order valence-corrected chi connectivity index (χ0v) is 89.2. The fraction of sp³-hybridized carbons (Fsp3) is 0.952. The quantitative estimate of drug-likeness (QED) is 0.0518. The zero-order chi connectivity index (χ0) is 79.4. The largest absolute Gasteiger partial charge is 3.00 e. The van der Waals surface area contributed by atoms with Crippen LogP contribution in [0.3, 0.4) is 0 Å². The van der Waals surface area contributed by atoms with Crippen molar-refractivity contribution in [2.24, 2.45) is 20.0 Å². The number of aliphatic imine (C=N–C) groups is 4. The van der Waals surface area contributed by atoms with E-state index in [4.69, 9.17) is 41.2 Å². The Bertz CT molecular complexity index is 2040. The van der Waals surface area contributed by atoms with Gasteiger partial charge in [0.15, 0.2) is 0 Å². The van der Waals surface area contributed by atoms with Gasteiger partial charge in [0.25, 0.3) is 0 Å². The molecule has 0 aromatic rings. The van der Waals surface area contributed by atoms with Crippen LogP contribution in [-0.4, -0.2) is 166 Å². The van der Waals surface area contributed by atoms with Crippen molar-refractivity contribution in [2.45, 2.75) is 502 Å². The molecule has 12 nitrogen and oxygen atoms in total. The summed E-state index contributed by atoms with van der Waals surface area (Å²) in [7, 11) is -11.9. The Morgan fingerprint density at radius 2 is 0.370 bits per heavy atom. The molecular formula is C84H178Er2N12S2Si8. The molecule has 0 atom stereocenters. The van der Waals surface area contributed by atoms with E-state index in [1.54, 1.807) is 0 Å². The number of guanidine groups is 4. The maximum atomic E-state index is 5.31. The molecule has 0 aliphatic heterocycles. The predicted octanol–water partition coefficient (Wildman–Crippen LogP) is 28.1. The normalized spacial score (nSPS) is 20.8. The van der Waals surface area contributed by atoms with Gasteiger partial charge in [-0.2, -0.15) is 11.5 Å². The Kier molecular flexibility index (Phi) is 55.0. The van der Waals surface area contributed by atoms with E-state index in [1.165, 1.54) is 283 Å². The molecule has 24 heteroatoms. The van der Waals surface area contributed by atoms with Crippen LogP contribution in [0.5, 0.6) is 0 Å². The second-order valence-corrected chi connectivity index (χ2v) is 82.3. The summed E-state index contributed by atoms with van der Waals surface area (Å²) in [5.74, 6) is 6.49. The number of unbranched alkanes of at least 4 members (excludes halogenated alkanes) is 2. The molecular weight excluding hydrogens is 1800 g/mol. The van der Waals surface area contributed by atoms with Crippen LogP contribution >= 0.6 is 0 Å². The summed E-state index contributed by atoms with van der Waals surface area (Å²) in [4.78, 5) is 21.2. The van der Waals surface area contributed by atoms with Gasteiger partial charge in [0.1, 0.15) is 0 Å². The minimum atomic E-state index is -1.48. The molecule has 8 fully saturated rings. The van der Waals surface area contributed by atoms with E-state index in [2.05, 4.69) is 213 Å². The van der Waals surface area contributed by atoms with E-state index < -0.39 is 65.9 Å². The number of hydrogen-bond acceptors (Lipinski definition) is 6. The molecule has 8 aliphatic rings. The molecule has 0 bridgehead atoms. The van der Waals surface area contributed by atoms with Crippen molar-refractivity contribution in [2.75, 3.05) is 11.5 Å². The van der Waals surface area contributed by atoms with Crippen LogP contribution in [0.15, 0.2) is 20.0 Å². The molecule has 8 saturated carbocycles. The van der Waals surface area contributed by atoms with Gasteiger partial charge in [-0.3, -0.25) is 0 Å². The van der Waals surface area contributed by atoms with E-state index in [-0.39, 0.29) is 74.6 Å². The van der Waals surface area contributed by atoms with Crippen molar-refractivity contribution < 1.29 is 74.6 Å². The van der Waals surface area contributed by atoms with E-state index in [9.17, 15) is 0 Å². The van der Waals surface area contributed by atoms with Crippen LogP contribution in [0.1, 0.15) is 296 Å². The van der Waals surface area contributed by atoms with Crippen molar-refractivity contribution in [1.29, 1.82) is 0 Å². The van der Waals surface area contributed by atoms with Gasteiger partial charge in [0.05, 0.1) is 65.9 Å². The van der Waals surface area contributed by atoms with Crippen LogP contribution < -0.4 is 0 Å². The Balaban J connectivity index is 0.000000685. The van der Waals surface area contributed by atoms with Gasteiger partial charge < -0.3 is 83.4 Å². The summed E-state index contributed by atoms with van der Waals surface area (Å²) in [6.07, 6.45) is 58.0. The van der Waals surface area contributed by atoms with Crippen LogP contribution in [0.25, 0.3) is 21.3 Å². The maximum Gasteiger partial charge on any atom is 3.00 e. The molecule has 2 radical (unpaired) electrons. The molecule has 0 saturated heterocycles. The molecule has 0 amide bonds. The van der Waals surface area contributed by atoms with Crippen LogP contribution in [-0.2, 0) is 25.3 Å². The van der Waals surface area contributed by atoms with Gasteiger partial charge in [0, 0.05) is 23.8 Å². The number of rotatable bonds is 20. The molecule has 0 aromatic heterocycles.